The van der Waals surface area contributed by atoms with Crippen LogP contribution >= 0.6 is 12.4 Å². The lowest BCUT2D eigenvalue weighted by Gasteiger charge is -2.26. The first-order chi connectivity index (χ1) is 14.1. The predicted molar refractivity (Wildman–Crippen MR) is 119 cm³/mol. The zero-order valence-corrected chi connectivity index (χ0v) is 18.8. The van der Waals surface area contributed by atoms with Crippen LogP contribution < -0.4 is 15.8 Å². The van der Waals surface area contributed by atoms with Crippen LogP contribution in [0.1, 0.15) is 61.5 Å². The van der Waals surface area contributed by atoms with E-state index in [9.17, 15) is 18.0 Å². The number of benzene rings is 2. The van der Waals surface area contributed by atoms with Crippen LogP contribution in [0.25, 0.3) is 0 Å². The van der Waals surface area contributed by atoms with Crippen LogP contribution in [0.5, 0.6) is 11.5 Å². The van der Waals surface area contributed by atoms with Crippen LogP contribution in [0.2, 0.25) is 0 Å². The standard InChI is InChI=1S/C23H29F3N2O2.ClH/c1-4-22(3,5-2)12-13-28-15-16-6-11-20(19(14-16)23(24,25)26)30-18-9-7-17(8-10-18)21(27)29;/h6-11,14,28H,4-5,12-13,15H2,1-3H3,(H2,27,29);1H. The molecule has 0 spiro atoms. The molecule has 0 radical (unpaired) electrons. The lowest BCUT2D eigenvalue weighted by molar-refractivity contribution is -0.138. The molecule has 2 aromatic carbocycles. The first-order valence-corrected chi connectivity index (χ1v) is 10.1. The molecule has 0 fully saturated rings. The topological polar surface area (TPSA) is 64.3 Å². The van der Waals surface area contributed by atoms with Crippen molar-refractivity contribution in [3.05, 3.63) is 59.2 Å². The number of alkyl halides is 3. The number of rotatable bonds is 10. The van der Waals surface area contributed by atoms with Gasteiger partial charge in [0.05, 0.1) is 5.56 Å². The van der Waals surface area contributed by atoms with E-state index in [4.69, 9.17) is 10.5 Å². The number of amides is 1. The summed E-state index contributed by atoms with van der Waals surface area (Å²) in [6, 6.07) is 9.69. The monoisotopic (exact) mass is 458 g/mol. The lowest BCUT2D eigenvalue weighted by atomic mass is 9.81. The van der Waals surface area contributed by atoms with E-state index in [-0.39, 0.29) is 34.9 Å². The van der Waals surface area contributed by atoms with Crippen molar-refractivity contribution in [2.24, 2.45) is 11.1 Å². The van der Waals surface area contributed by atoms with E-state index in [0.29, 0.717) is 12.1 Å². The van der Waals surface area contributed by atoms with Crippen LogP contribution in [0.4, 0.5) is 13.2 Å². The van der Waals surface area contributed by atoms with Gasteiger partial charge in [-0.25, -0.2) is 0 Å². The van der Waals surface area contributed by atoms with Gasteiger partial charge in [-0.15, -0.1) is 12.4 Å². The molecule has 2 rings (SSSR count). The minimum Gasteiger partial charge on any atom is -0.457 e. The number of carbonyl (C=O) groups excluding carboxylic acids is 1. The van der Waals surface area contributed by atoms with E-state index in [1.807, 2.05) is 0 Å². The Hall–Kier alpha value is -2.25. The van der Waals surface area contributed by atoms with Gasteiger partial charge in [0.1, 0.15) is 11.5 Å². The molecule has 2 aromatic rings. The number of primary amides is 1. The third kappa shape index (κ3) is 7.74. The second-order valence-corrected chi connectivity index (χ2v) is 7.76. The molecule has 8 heteroatoms. The van der Waals surface area contributed by atoms with E-state index < -0.39 is 17.6 Å². The van der Waals surface area contributed by atoms with Crippen LogP contribution in [0, 0.1) is 5.41 Å². The predicted octanol–water partition coefficient (Wildman–Crippen LogP) is 6.32. The molecule has 0 saturated heterocycles. The number of nitrogens with two attached hydrogens (primary N) is 1. The highest BCUT2D eigenvalue weighted by Crippen LogP contribution is 2.39. The van der Waals surface area contributed by atoms with Gasteiger partial charge in [-0.1, -0.05) is 39.7 Å². The van der Waals surface area contributed by atoms with Crippen molar-refractivity contribution in [1.29, 1.82) is 0 Å². The third-order valence-electron chi connectivity index (χ3n) is 5.66. The number of hydrogen-bond acceptors (Lipinski definition) is 3. The normalized spacial score (nSPS) is 11.7. The average Bonchev–Trinajstić information content (AvgIpc) is 2.71. The quantitative estimate of drug-likeness (QED) is 0.409. The Labute approximate surface area is 187 Å². The Morgan fingerprint density at radius 3 is 2.19 bits per heavy atom. The summed E-state index contributed by atoms with van der Waals surface area (Å²) in [5.74, 6) is -0.718. The Morgan fingerprint density at radius 2 is 1.68 bits per heavy atom. The maximum Gasteiger partial charge on any atom is 0.419 e. The fourth-order valence-electron chi connectivity index (χ4n) is 3.04. The molecule has 0 aliphatic heterocycles. The molecule has 0 aliphatic rings. The molecule has 0 aliphatic carbocycles. The maximum atomic E-state index is 13.6. The molecule has 0 bridgehead atoms. The first-order valence-electron chi connectivity index (χ1n) is 10.1. The number of nitrogens with one attached hydrogen (secondary N) is 1. The highest BCUT2D eigenvalue weighted by Gasteiger charge is 2.35. The molecule has 3 N–H and O–H groups in total. The number of ether oxygens (including phenoxy) is 1. The summed E-state index contributed by atoms with van der Waals surface area (Å²) in [7, 11) is 0. The largest absolute Gasteiger partial charge is 0.457 e. The van der Waals surface area contributed by atoms with Crippen LogP contribution in [-0.2, 0) is 12.7 Å². The number of hydrogen-bond donors (Lipinski definition) is 2. The van der Waals surface area contributed by atoms with E-state index in [1.165, 1.54) is 30.3 Å². The van der Waals surface area contributed by atoms with Gasteiger partial charge < -0.3 is 15.8 Å². The van der Waals surface area contributed by atoms with Gasteiger partial charge in [-0.3, -0.25) is 4.79 Å². The maximum absolute atomic E-state index is 13.6. The minimum atomic E-state index is -4.55. The van der Waals surface area contributed by atoms with Crippen molar-refractivity contribution in [2.75, 3.05) is 6.54 Å². The second-order valence-electron chi connectivity index (χ2n) is 7.76. The van der Waals surface area contributed by atoms with Gasteiger partial charge in [0.25, 0.3) is 0 Å². The van der Waals surface area contributed by atoms with Gasteiger partial charge in [-0.2, -0.15) is 13.2 Å². The second kappa shape index (κ2) is 11.4. The molecule has 1 amide bonds. The van der Waals surface area contributed by atoms with Crippen molar-refractivity contribution >= 4 is 18.3 Å². The highest BCUT2D eigenvalue weighted by atomic mass is 35.5. The summed E-state index contributed by atoms with van der Waals surface area (Å²) in [5, 5.41) is 3.24. The Morgan fingerprint density at radius 1 is 1.06 bits per heavy atom. The molecule has 0 aromatic heterocycles. The van der Waals surface area contributed by atoms with E-state index >= 15 is 0 Å². The van der Waals surface area contributed by atoms with E-state index in [2.05, 4.69) is 26.1 Å². The summed E-state index contributed by atoms with van der Waals surface area (Å²) >= 11 is 0. The molecular weight excluding hydrogens is 429 g/mol. The van der Waals surface area contributed by atoms with E-state index in [1.54, 1.807) is 6.07 Å². The third-order valence-corrected chi connectivity index (χ3v) is 5.66. The first kappa shape index (κ1) is 26.8. The SMILES string of the molecule is CCC(C)(CC)CCNCc1ccc(Oc2ccc(C(N)=O)cc2)c(C(F)(F)F)c1.Cl. The molecule has 0 unspecified atom stereocenters. The number of carbonyl (C=O) groups is 1. The summed E-state index contributed by atoms with van der Waals surface area (Å²) in [4.78, 5) is 11.1. The molecule has 0 saturated carbocycles. The van der Waals surface area contributed by atoms with Crippen molar-refractivity contribution < 1.29 is 22.7 Å². The Kier molecular flexibility index (Phi) is 9.84. The van der Waals surface area contributed by atoms with Crippen LogP contribution in [0.15, 0.2) is 42.5 Å². The lowest BCUT2D eigenvalue weighted by Crippen LogP contribution is -2.23. The van der Waals surface area contributed by atoms with Crippen molar-refractivity contribution in [3.63, 3.8) is 0 Å². The zero-order valence-electron chi connectivity index (χ0n) is 18.0. The minimum absolute atomic E-state index is 0. The number of halogens is 4. The molecule has 31 heavy (non-hydrogen) atoms. The summed E-state index contributed by atoms with van der Waals surface area (Å²) in [5.41, 5.74) is 5.36. The smallest absolute Gasteiger partial charge is 0.419 e. The fourth-order valence-corrected chi connectivity index (χ4v) is 3.04. The van der Waals surface area contributed by atoms with Crippen LogP contribution in [-0.4, -0.2) is 12.5 Å². The van der Waals surface area contributed by atoms with Gasteiger partial charge in [-0.05, 0) is 60.3 Å². The Bertz CT molecular complexity index is 851. The molecular formula is C23H30ClF3N2O2. The highest BCUT2D eigenvalue weighted by molar-refractivity contribution is 5.92. The zero-order chi connectivity index (χ0) is 22.4. The molecule has 4 nitrogen and oxygen atoms in total. The molecule has 0 atom stereocenters. The van der Waals surface area contributed by atoms with E-state index in [0.717, 1.165) is 31.9 Å². The van der Waals surface area contributed by atoms with Crippen molar-refractivity contribution in [1.82, 2.24) is 5.32 Å². The summed E-state index contributed by atoms with van der Waals surface area (Å²) < 4.78 is 46.2. The summed E-state index contributed by atoms with van der Waals surface area (Å²) in [6.45, 7) is 7.61. The van der Waals surface area contributed by atoms with Crippen molar-refractivity contribution in [2.45, 2.75) is 52.8 Å². The molecule has 172 valence electrons. The summed E-state index contributed by atoms with van der Waals surface area (Å²) in [6.07, 6.45) is -1.46. The van der Waals surface area contributed by atoms with Crippen LogP contribution in [0.3, 0.4) is 0 Å². The Balaban J connectivity index is 0.00000480. The van der Waals surface area contributed by atoms with Crippen molar-refractivity contribution in [3.8, 4) is 11.5 Å². The molecule has 0 heterocycles. The fraction of sp³-hybridized carbons (Fsp3) is 0.435. The van der Waals surface area contributed by atoms with Gasteiger partial charge >= 0.3 is 6.18 Å². The van der Waals surface area contributed by atoms with Gasteiger partial charge in [0.15, 0.2) is 0 Å². The van der Waals surface area contributed by atoms with Gasteiger partial charge in [0.2, 0.25) is 5.91 Å². The average molecular weight is 459 g/mol. The van der Waals surface area contributed by atoms with Gasteiger partial charge in [0, 0.05) is 12.1 Å².